The van der Waals surface area contributed by atoms with Gasteiger partial charge in [-0.2, -0.15) is 0 Å². The molecule has 2 heterocycles. The van der Waals surface area contributed by atoms with Gasteiger partial charge >= 0.3 is 6.03 Å². The van der Waals surface area contributed by atoms with E-state index in [-0.39, 0.29) is 30.8 Å². The van der Waals surface area contributed by atoms with Gasteiger partial charge in [0.15, 0.2) is 10.6 Å². The number of ether oxygens (including phenoxy) is 2. The molecule has 4 aromatic carbocycles. The minimum atomic E-state index is -0.547. The van der Waals surface area contributed by atoms with Crippen molar-refractivity contribution in [2.45, 2.75) is 56.4 Å². The van der Waals surface area contributed by atoms with Crippen molar-refractivity contribution >= 4 is 29.1 Å². The highest BCUT2D eigenvalue weighted by atomic mass is 32.2. The zero-order valence-corrected chi connectivity index (χ0v) is 28.0. The van der Waals surface area contributed by atoms with E-state index in [1.807, 2.05) is 73.7 Å². The zero-order chi connectivity index (χ0) is 32.6. The fourth-order valence-electron chi connectivity index (χ4n) is 5.52. The van der Waals surface area contributed by atoms with Gasteiger partial charge in [0.2, 0.25) is 0 Å². The first-order valence-electron chi connectivity index (χ1n) is 15.6. The summed E-state index contributed by atoms with van der Waals surface area (Å²) in [5, 5.41) is 24.8. The predicted molar refractivity (Wildman–Crippen MR) is 186 cm³/mol. The maximum atomic E-state index is 12.4. The van der Waals surface area contributed by atoms with Crippen LogP contribution in [0.15, 0.2) is 107 Å². The fourth-order valence-corrected chi connectivity index (χ4v) is 7.52. The van der Waals surface area contributed by atoms with Gasteiger partial charge in [-0.15, -0.1) is 10.2 Å². The molecule has 5 aromatic rings. The Kier molecular flexibility index (Phi) is 11.0. The number of nitrogens with zero attached hydrogens (tertiary/aromatic N) is 2. The number of carbonyl (C=O) groups is 1. The average Bonchev–Trinajstić information content (AvgIpc) is 3.54. The number of aromatic nitrogens is 2. The van der Waals surface area contributed by atoms with Gasteiger partial charge in [-0.25, -0.2) is 4.79 Å². The van der Waals surface area contributed by atoms with Crippen molar-refractivity contribution in [1.82, 2.24) is 20.8 Å². The second-order valence-corrected chi connectivity index (χ2v) is 14.0. The van der Waals surface area contributed by atoms with Crippen LogP contribution >= 0.6 is 23.1 Å². The number of aliphatic hydroxyl groups is 1. The Morgan fingerprint density at radius 2 is 1.51 bits per heavy atom. The van der Waals surface area contributed by atoms with Gasteiger partial charge in [-0.3, -0.25) is 0 Å². The number of amides is 2. The monoisotopic (exact) mass is 666 g/mol. The topological polar surface area (TPSA) is 106 Å². The van der Waals surface area contributed by atoms with E-state index >= 15 is 0 Å². The summed E-state index contributed by atoms with van der Waals surface area (Å²) in [5.41, 5.74) is 7.04. The van der Waals surface area contributed by atoms with E-state index in [0.29, 0.717) is 13.1 Å². The highest BCUT2D eigenvalue weighted by molar-refractivity contribution is 8.01. The molecular weight excluding hydrogens is 629 g/mol. The number of aliphatic hydroxyl groups excluding tert-OH is 1. The Morgan fingerprint density at radius 3 is 2.21 bits per heavy atom. The molecule has 47 heavy (non-hydrogen) atoms. The summed E-state index contributed by atoms with van der Waals surface area (Å²) in [5.74, 6) is 0.813. The van der Waals surface area contributed by atoms with Crippen LogP contribution in [-0.2, 0) is 29.2 Å². The highest BCUT2D eigenvalue weighted by Gasteiger charge is 2.38. The number of thioether (sulfide) groups is 1. The molecule has 8 nitrogen and oxygen atoms in total. The molecule has 1 aromatic heterocycles. The minimum absolute atomic E-state index is 0.00345. The normalized spacial score (nSPS) is 19.3. The predicted octanol–water partition coefficient (Wildman–Crippen LogP) is 7.59. The van der Waals surface area contributed by atoms with Crippen LogP contribution in [0.25, 0.3) is 11.1 Å². The molecule has 1 aliphatic rings. The number of carbonyl (C=O) groups excluding carboxylic acids is 1. The number of rotatable bonds is 11. The Hall–Kier alpha value is -4.06. The third kappa shape index (κ3) is 8.65. The van der Waals surface area contributed by atoms with Gasteiger partial charge in [0, 0.05) is 30.3 Å². The van der Waals surface area contributed by atoms with Crippen LogP contribution in [-0.4, -0.2) is 33.2 Å². The summed E-state index contributed by atoms with van der Waals surface area (Å²) in [6.45, 7) is 5.02. The van der Waals surface area contributed by atoms with Crippen molar-refractivity contribution in [1.29, 1.82) is 0 Å². The number of benzene rings is 4. The maximum absolute atomic E-state index is 12.4. The molecule has 10 heteroatoms. The Labute approximate surface area is 283 Å². The van der Waals surface area contributed by atoms with Crippen LogP contribution in [0, 0.1) is 12.8 Å². The van der Waals surface area contributed by atoms with Crippen molar-refractivity contribution in [3.05, 3.63) is 136 Å². The third-order valence-electron chi connectivity index (χ3n) is 8.19. The van der Waals surface area contributed by atoms with Crippen molar-refractivity contribution in [3.63, 3.8) is 0 Å². The second kappa shape index (κ2) is 15.7. The quantitative estimate of drug-likeness (QED) is 0.125. The molecule has 0 spiro atoms. The maximum Gasteiger partial charge on any atom is 0.315 e. The molecule has 0 radical (unpaired) electrons. The summed E-state index contributed by atoms with van der Waals surface area (Å²) >= 11 is 3.25. The summed E-state index contributed by atoms with van der Waals surface area (Å²) in [4.78, 5) is 12.4. The molecule has 1 fully saturated rings. The molecule has 6 rings (SSSR count). The standard InChI is InChI=1S/C37H38N4O4S2/c1-24-33(23-46-37-41-40-25(2)47-37)44-35(45-34(24)30-13-11-27(22-42)12-14-30)31-17-15-29(16-18-31)32-10-6-9-28(19-32)21-39-36(43)38-20-26-7-4-3-5-8-26/h3-19,24,33-35,42H,20-23H2,1-2H3,(H2,38,39,43). The minimum Gasteiger partial charge on any atom is -0.392 e. The summed E-state index contributed by atoms with van der Waals surface area (Å²) in [6, 6.07) is 34.0. The highest BCUT2D eigenvalue weighted by Crippen LogP contribution is 2.43. The van der Waals surface area contributed by atoms with Crippen LogP contribution in [0.3, 0.4) is 0 Å². The van der Waals surface area contributed by atoms with E-state index in [1.54, 1.807) is 23.1 Å². The second-order valence-electron chi connectivity index (χ2n) is 11.6. The lowest BCUT2D eigenvalue weighted by molar-refractivity contribution is -0.268. The number of hydrogen-bond donors (Lipinski definition) is 3. The number of hydrogen-bond acceptors (Lipinski definition) is 8. The molecule has 0 aliphatic carbocycles. The Morgan fingerprint density at radius 1 is 0.809 bits per heavy atom. The van der Waals surface area contributed by atoms with Crippen LogP contribution in [0.2, 0.25) is 0 Å². The molecule has 3 N–H and O–H groups in total. The van der Waals surface area contributed by atoms with Gasteiger partial charge in [-0.05, 0) is 46.4 Å². The number of urea groups is 1. The van der Waals surface area contributed by atoms with Gasteiger partial charge in [0.25, 0.3) is 0 Å². The summed E-state index contributed by atoms with van der Waals surface area (Å²) in [6.07, 6.45) is -0.814. The molecule has 4 unspecified atom stereocenters. The lowest BCUT2D eigenvalue weighted by Gasteiger charge is -2.41. The Balaban J connectivity index is 1.13. The van der Waals surface area contributed by atoms with Crippen molar-refractivity contribution in [2.75, 3.05) is 5.75 Å². The van der Waals surface area contributed by atoms with Crippen LogP contribution < -0.4 is 10.6 Å². The van der Waals surface area contributed by atoms with E-state index in [4.69, 9.17) is 9.47 Å². The van der Waals surface area contributed by atoms with E-state index in [9.17, 15) is 9.90 Å². The average molecular weight is 667 g/mol. The lowest BCUT2D eigenvalue weighted by Crippen LogP contribution is -2.38. The first-order valence-corrected chi connectivity index (χ1v) is 17.4. The molecule has 2 amide bonds. The van der Waals surface area contributed by atoms with E-state index in [0.717, 1.165) is 54.0 Å². The van der Waals surface area contributed by atoms with Gasteiger partial charge in [0.05, 0.1) is 18.8 Å². The van der Waals surface area contributed by atoms with Crippen molar-refractivity contribution in [3.8, 4) is 11.1 Å². The SMILES string of the molecule is Cc1nnc(SCC2OC(c3ccc(-c4cccc(CNC(=O)NCc5ccccc5)c4)cc3)OC(c3ccc(CO)cc3)C2C)s1. The van der Waals surface area contributed by atoms with Gasteiger partial charge in [-0.1, -0.05) is 127 Å². The fraction of sp³-hybridized carbons (Fsp3) is 0.270. The molecule has 1 saturated heterocycles. The van der Waals surface area contributed by atoms with E-state index in [1.165, 1.54) is 0 Å². The molecular formula is C37H38N4O4S2. The first-order chi connectivity index (χ1) is 22.9. The molecule has 4 atom stereocenters. The molecule has 0 saturated carbocycles. The molecule has 242 valence electrons. The van der Waals surface area contributed by atoms with Crippen molar-refractivity contribution in [2.24, 2.45) is 5.92 Å². The zero-order valence-electron chi connectivity index (χ0n) is 26.3. The van der Waals surface area contributed by atoms with E-state index < -0.39 is 6.29 Å². The molecule has 0 bridgehead atoms. The summed E-state index contributed by atoms with van der Waals surface area (Å²) in [7, 11) is 0. The van der Waals surface area contributed by atoms with Crippen LogP contribution in [0.5, 0.6) is 0 Å². The van der Waals surface area contributed by atoms with Gasteiger partial charge in [0.1, 0.15) is 5.01 Å². The smallest absolute Gasteiger partial charge is 0.315 e. The molecule has 1 aliphatic heterocycles. The van der Waals surface area contributed by atoms with E-state index in [2.05, 4.69) is 64.2 Å². The van der Waals surface area contributed by atoms with Crippen LogP contribution in [0.4, 0.5) is 4.79 Å². The number of nitrogens with one attached hydrogen (secondary N) is 2. The Bertz CT molecular complexity index is 1750. The number of aryl methyl sites for hydroxylation is 1. The first kappa shape index (κ1) is 32.9. The summed E-state index contributed by atoms with van der Waals surface area (Å²) < 4.78 is 14.2. The van der Waals surface area contributed by atoms with Gasteiger partial charge < -0.3 is 25.2 Å². The largest absolute Gasteiger partial charge is 0.392 e. The third-order valence-corrected chi connectivity index (χ3v) is 10.3. The van der Waals surface area contributed by atoms with Crippen molar-refractivity contribution < 1.29 is 19.4 Å². The lowest BCUT2D eigenvalue weighted by atomic mass is 9.91. The van der Waals surface area contributed by atoms with Crippen LogP contribution in [0.1, 0.15) is 52.1 Å².